The summed E-state index contributed by atoms with van der Waals surface area (Å²) in [6, 6.07) is 7.31. The van der Waals surface area contributed by atoms with Gasteiger partial charge in [-0.15, -0.1) is 5.10 Å². The van der Waals surface area contributed by atoms with Crippen LogP contribution >= 0.6 is 46.9 Å². The average molecular weight is 360 g/mol. The molecule has 0 aliphatic rings. The predicted octanol–water partition coefficient (Wildman–Crippen LogP) is 3.93. The summed E-state index contributed by atoms with van der Waals surface area (Å²) in [6.07, 6.45) is 0.931. The Morgan fingerprint density at radius 1 is 1.48 bits per heavy atom. The maximum atomic E-state index is 11.6. The molecular weight excluding hydrogens is 346 g/mol. The zero-order valence-corrected chi connectivity index (χ0v) is 14.5. The van der Waals surface area contributed by atoms with Gasteiger partial charge in [0, 0.05) is 11.6 Å². The molecule has 8 heteroatoms. The van der Waals surface area contributed by atoms with Crippen LogP contribution in [-0.4, -0.2) is 28.0 Å². The number of nitrogens with one attached hydrogen (secondary N) is 1. The fourth-order valence-electron chi connectivity index (χ4n) is 1.51. The molecule has 0 aliphatic heterocycles. The van der Waals surface area contributed by atoms with E-state index in [9.17, 15) is 4.79 Å². The number of benzene rings is 1. The third-order valence-corrected chi connectivity index (χ3v) is 5.12. The summed E-state index contributed by atoms with van der Waals surface area (Å²) in [5, 5.41) is 7.93. The van der Waals surface area contributed by atoms with Crippen LogP contribution < -0.4 is 5.32 Å². The van der Waals surface area contributed by atoms with E-state index in [1.54, 1.807) is 16.8 Å². The molecule has 2 rings (SSSR count). The van der Waals surface area contributed by atoms with Gasteiger partial charge in [0.1, 0.15) is 0 Å². The van der Waals surface area contributed by atoms with Crippen LogP contribution in [0.25, 0.3) is 5.69 Å². The fraction of sp³-hybridized carbons (Fsp3) is 0.308. The molecule has 1 aromatic heterocycles. The molecule has 1 aromatic carbocycles. The number of thioether (sulfide) groups is 1. The number of halogens is 1. The smallest absolute Gasteiger partial charge is 0.230 e. The quantitative estimate of drug-likeness (QED) is 0.627. The zero-order valence-electron chi connectivity index (χ0n) is 11.3. The topological polar surface area (TPSA) is 46.9 Å². The first-order chi connectivity index (χ1) is 10.1. The van der Waals surface area contributed by atoms with Gasteiger partial charge in [0.2, 0.25) is 5.91 Å². The number of amides is 1. The van der Waals surface area contributed by atoms with E-state index in [0.29, 0.717) is 21.3 Å². The van der Waals surface area contributed by atoms with Crippen LogP contribution in [0.3, 0.4) is 0 Å². The molecular formula is C13H14ClN3OS3. The van der Waals surface area contributed by atoms with Crippen LogP contribution in [0.5, 0.6) is 0 Å². The van der Waals surface area contributed by atoms with Gasteiger partial charge in [0.05, 0.1) is 11.4 Å². The van der Waals surface area contributed by atoms with Gasteiger partial charge in [-0.2, -0.15) is 0 Å². The van der Waals surface area contributed by atoms with Crippen LogP contribution in [0.1, 0.15) is 13.3 Å². The van der Waals surface area contributed by atoms with Crippen molar-refractivity contribution in [2.24, 2.45) is 0 Å². The summed E-state index contributed by atoms with van der Waals surface area (Å²) in [5.41, 5.74) is 0.864. The molecule has 0 unspecified atom stereocenters. The Bertz CT molecular complexity index is 666. The van der Waals surface area contributed by atoms with E-state index in [0.717, 1.165) is 16.4 Å². The largest absolute Gasteiger partial charge is 0.355 e. The molecule has 0 saturated heterocycles. The average Bonchev–Trinajstić information content (AvgIpc) is 2.85. The highest BCUT2D eigenvalue weighted by molar-refractivity contribution is 8.01. The fourth-order valence-corrected chi connectivity index (χ4v) is 3.82. The highest BCUT2D eigenvalue weighted by atomic mass is 35.5. The third-order valence-electron chi connectivity index (χ3n) is 2.50. The van der Waals surface area contributed by atoms with E-state index in [1.807, 2.05) is 19.1 Å². The lowest BCUT2D eigenvalue weighted by Crippen LogP contribution is -2.25. The van der Waals surface area contributed by atoms with Gasteiger partial charge in [-0.25, -0.2) is 4.68 Å². The minimum Gasteiger partial charge on any atom is -0.355 e. The molecule has 1 amide bonds. The second kappa shape index (κ2) is 7.93. The molecule has 0 radical (unpaired) electrons. The standard InChI is InChI=1S/C13H14ClN3OS3/c1-2-7-15-11(18)8-20-12-16-17(13(19)21-12)10-5-3-9(14)4-6-10/h3-6H,2,7-8H2,1H3,(H,15,18). The molecule has 4 nitrogen and oxygen atoms in total. The molecule has 0 spiro atoms. The first kappa shape index (κ1) is 16.5. The van der Waals surface area contributed by atoms with Gasteiger partial charge in [0.25, 0.3) is 0 Å². The maximum Gasteiger partial charge on any atom is 0.230 e. The van der Waals surface area contributed by atoms with E-state index >= 15 is 0 Å². The van der Waals surface area contributed by atoms with E-state index < -0.39 is 0 Å². The van der Waals surface area contributed by atoms with Crippen LogP contribution in [0.2, 0.25) is 5.02 Å². The van der Waals surface area contributed by atoms with Crippen LogP contribution in [0.4, 0.5) is 0 Å². The highest BCUT2D eigenvalue weighted by Gasteiger charge is 2.09. The van der Waals surface area contributed by atoms with Crippen LogP contribution in [0.15, 0.2) is 28.6 Å². The molecule has 1 heterocycles. The highest BCUT2D eigenvalue weighted by Crippen LogP contribution is 2.24. The number of nitrogens with zero attached hydrogens (tertiary/aromatic N) is 2. The van der Waals surface area contributed by atoms with Crippen molar-refractivity contribution in [2.45, 2.75) is 17.7 Å². The van der Waals surface area contributed by atoms with E-state index in [-0.39, 0.29) is 5.91 Å². The summed E-state index contributed by atoms with van der Waals surface area (Å²) in [7, 11) is 0. The number of carbonyl (C=O) groups excluding carboxylic acids is 1. The van der Waals surface area contributed by atoms with E-state index in [1.165, 1.54) is 23.1 Å². The van der Waals surface area contributed by atoms with Gasteiger partial charge in [0.15, 0.2) is 8.29 Å². The molecule has 0 bridgehead atoms. The number of carbonyl (C=O) groups is 1. The van der Waals surface area contributed by atoms with Crippen molar-refractivity contribution < 1.29 is 4.79 Å². The van der Waals surface area contributed by atoms with Gasteiger partial charge < -0.3 is 5.32 Å². The minimum absolute atomic E-state index is 0.0148. The van der Waals surface area contributed by atoms with Gasteiger partial charge in [-0.3, -0.25) is 4.79 Å². The molecule has 112 valence electrons. The van der Waals surface area contributed by atoms with Crippen LogP contribution in [-0.2, 0) is 4.79 Å². The summed E-state index contributed by atoms with van der Waals surface area (Å²) in [6.45, 7) is 2.72. The predicted molar refractivity (Wildman–Crippen MR) is 91.3 cm³/mol. The molecule has 1 N–H and O–H groups in total. The molecule has 0 fully saturated rings. The van der Waals surface area contributed by atoms with Crippen molar-refractivity contribution in [3.63, 3.8) is 0 Å². The first-order valence-electron chi connectivity index (χ1n) is 6.35. The Hall–Kier alpha value is -0.890. The number of aromatic nitrogens is 2. The van der Waals surface area contributed by atoms with E-state index in [2.05, 4.69) is 10.4 Å². The second-order valence-electron chi connectivity index (χ2n) is 4.16. The number of rotatable bonds is 6. The monoisotopic (exact) mass is 359 g/mol. The SMILES string of the molecule is CCCNC(=O)CSc1nn(-c2ccc(Cl)cc2)c(=S)s1. The molecule has 0 atom stereocenters. The van der Waals surface area contributed by atoms with Crippen molar-refractivity contribution in [2.75, 3.05) is 12.3 Å². The molecule has 0 aliphatic carbocycles. The number of hydrogen-bond acceptors (Lipinski definition) is 5. The van der Waals surface area contributed by atoms with Crippen molar-refractivity contribution in [3.05, 3.63) is 33.2 Å². The Morgan fingerprint density at radius 2 is 2.19 bits per heavy atom. The third kappa shape index (κ3) is 4.81. The molecule has 2 aromatic rings. The Kier molecular flexibility index (Phi) is 6.22. The summed E-state index contributed by atoms with van der Waals surface area (Å²) in [5.74, 6) is 0.365. The Morgan fingerprint density at radius 3 is 2.86 bits per heavy atom. The summed E-state index contributed by atoms with van der Waals surface area (Å²) in [4.78, 5) is 11.6. The molecule has 0 saturated carbocycles. The van der Waals surface area contributed by atoms with Crippen molar-refractivity contribution >= 4 is 52.8 Å². The summed E-state index contributed by atoms with van der Waals surface area (Å²) < 4.78 is 3.11. The lowest BCUT2D eigenvalue weighted by Gasteiger charge is -2.01. The normalized spacial score (nSPS) is 10.6. The van der Waals surface area contributed by atoms with Gasteiger partial charge in [-0.1, -0.05) is 41.6 Å². The van der Waals surface area contributed by atoms with Crippen molar-refractivity contribution in [1.29, 1.82) is 0 Å². The zero-order chi connectivity index (χ0) is 15.2. The maximum absolute atomic E-state index is 11.6. The number of hydrogen-bond donors (Lipinski definition) is 1. The minimum atomic E-state index is 0.0148. The first-order valence-corrected chi connectivity index (χ1v) is 8.94. The van der Waals surface area contributed by atoms with Crippen LogP contribution in [0, 0.1) is 3.95 Å². The van der Waals surface area contributed by atoms with Crippen molar-refractivity contribution in [3.8, 4) is 5.69 Å². The lowest BCUT2D eigenvalue weighted by molar-refractivity contribution is -0.118. The lowest BCUT2D eigenvalue weighted by atomic mass is 10.3. The Labute approximate surface area is 141 Å². The molecule has 21 heavy (non-hydrogen) atoms. The summed E-state index contributed by atoms with van der Waals surface area (Å²) >= 11 is 14.0. The van der Waals surface area contributed by atoms with Gasteiger partial charge in [-0.05, 0) is 42.9 Å². The van der Waals surface area contributed by atoms with Gasteiger partial charge >= 0.3 is 0 Å². The Balaban J connectivity index is 2.04. The van der Waals surface area contributed by atoms with E-state index in [4.69, 9.17) is 23.8 Å². The van der Waals surface area contributed by atoms with Crippen molar-refractivity contribution in [1.82, 2.24) is 15.1 Å². The second-order valence-corrected chi connectivity index (χ2v) is 7.44.